The van der Waals surface area contributed by atoms with Crippen molar-refractivity contribution < 1.29 is 32.4 Å². The zero-order chi connectivity index (χ0) is 24.5. The van der Waals surface area contributed by atoms with E-state index in [4.69, 9.17) is 4.52 Å². The molecular formula is C20H16BrF3N6O4. The van der Waals surface area contributed by atoms with Gasteiger partial charge in [0.15, 0.2) is 0 Å². The van der Waals surface area contributed by atoms with E-state index in [1.807, 2.05) is 0 Å². The molecule has 2 N–H and O–H groups in total. The number of carbonyl (C=O) groups excluding carboxylic acids is 1. The van der Waals surface area contributed by atoms with E-state index in [-0.39, 0.29) is 35.4 Å². The Kier molecular flexibility index (Phi) is 6.50. The number of pyridine rings is 2. The molecular weight excluding hydrogens is 525 g/mol. The van der Waals surface area contributed by atoms with Crippen molar-refractivity contribution in [2.24, 2.45) is 0 Å². The molecule has 1 fully saturated rings. The molecule has 1 aliphatic heterocycles. The highest BCUT2D eigenvalue weighted by Crippen LogP contribution is 2.36. The first-order valence-electron chi connectivity index (χ1n) is 9.95. The van der Waals surface area contributed by atoms with Gasteiger partial charge < -0.3 is 19.8 Å². The number of carbonyl (C=O) groups is 2. The van der Waals surface area contributed by atoms with Crippen LogP contribution < -0.4 is 5.32 Å². The monoisotopic (exact) mass is 540 g/mol. The molecule has 0 saturated carbocycles. The summed E-state index contributed by atoms with van der Waals surface area (Å²) in [7, 11) is 0. The number of anilines is 1. The molecule has 10 nitrogen and oxygen atoms in total. The lowest BCUT2D eigenvalue weighted by molar-refractivity contribution is -0.137. The highest BCUT2D eigenvalue weighted by Gasteiger charge is 2.36. The van der Waals surface area contributed by atoms with Crippen LogP contribution in [0, 0.1) is 0 Å². The summed E-state index contributed by atoms with van der Waals surface area (Å²) in [5, 5.41) is 15.0. The van der Waals surface area contributed by atoms with Gasteiger partial charge in [-0.1, -0.05) is 11.2 Å². The lowest BCUT2D eigenvalue weighted by Gasteiger charge is -2.28. The number of nitrogens with one attached hydrogen (secondary N) is 1. The largest absolute Gasteiger partial charge is 0.465 e. The Morgan fingerprint density at radius 1 is 1.26 bits per heavy atom. The molecule has 4 rings (SSSR count). The first-order chi connectivity index (χ1) is 16.1. The van der Waals surface area contributed by atoms with E-state index in [1.54, 1.807) is 6.07 Å². The summed E-state index contributed by atoms with van der Waals surface area (Å²) in [6.07, 6.45) is -3.63. The first kappa shape index (κ1) is 23.6. The fourth-order valence-electron chi connectivity index (χ4n) is 3.48. The molecule has 0 spiro atoms. The predicted octanol–water partition coefficient (Wildman–Crippen LogP) is 4.42. The predicted molar refractivity (Wildman–Crippen MR) is 114 cm³/mol. The van der Waals surface area contributed by atoms with Crippen LogP contribution in [0.15, 0.2) is 39.6 Å². The van der Waals surface area contributed by atoms with Gasteiger partial charge in [0, 0.05) is 24.8 Å². The van der Waals surface area contributed by atoms with Crippen LogP contribution in [-0.2, 0) is 6.18 Å². The molecule has 0 aliphatic carbocycles. The van der Waals surface area contributed by atoms with Crippen molar-refractivity contribution in [3.05, 3.63) is 52.2 Å². The first-order valence-corrected chi connectivity index (χ1v) is 10.7. The van der Waals surface area contributed by atoms with E-state index < -0.39 is 29.6 Å². The van der Waals surface area contributed by atoms with Gasteiger partial charge >= 0.3 is 12.3 Å². The van der Waals surface area contributed by atoms with Gasteiger partial charge in [-0.2, -0.15) is 18.2 Å². The number of alkyl halides is 3. The summed E-state index contributed by atoms with van der Waals surface area (Å²) in [4.78, 5) is 36.6. The van der Waals surface area contributed by atoms with Crippen molar-refractivity contribution in [3.8, 4) is 11.4 Å². The number of carboxylic acid groups (broad SMARTS) is 1. The molecule has 1 atom stereocenters. The van der Waals surface area contributed by atoms with Gasteiger partial charge in [0.05, 0.1) is 11.5 Å². The maximum absolute atomic E-state index is 13.7. The van der Waals surface area contributed by atoms with E-state index in [0.717, 1.165) is 12.3 Å². The Hall–Kier alpha value is -3.55. The van der Waals surface area contributed by atoms with Crippen LogP contribution >= 0.6 is 15.9 Å². The van der Waals surface area contributed by atoms with Crippen LogP contribution in [0.25, 0.3) is 11.4 Å². The summed E-state index contributed by atoms with van der Waals surface area (Å²) < 4.78 is 46.8. The van der Waals surface area contributed by atoms with Crippen LogP contribution in [0.4, 0.5) is 23.8 Å². The molecule has 2 amide bonds. The van der Waals surface area contributed by atoms with E-state index in [9.17, 15) is 27.9 Å². The maximum Gasteiger partial charge on any atom is 0.419 e. The molecule has 0 aromatic carbocycles. The molecule has 0 bridgehead atoms. The molecule has 3 aromatic heterocycles. The third-order valence-electron chi connectivity index (χ3n) is 5.11. The standard InChI is InChI=1S/C20H16BrF3N6O4/c21-14-5-1-4-13(26-14)17(31)27-16-12(20(22,23)24)7-11(8-25-16)15-28-18(34-29-15)10-3-2-6-30(9-10)19(32)33/h1,4-5,7-8,10H,2-3,6,9H2,(H,32,33)(H,25,27,31). The summed E-state index contributed by atoms with van der Waals surface area (Å²) >= 11 is 3.10. The third kappa shape index (κ3) is 5.16. The smallest absolute Gasteiger partial charge is 0.419 e. The molecule has 1 unspecified atom stereocenters. The third-order valence-corrected chi connectivity index (χ3v) is 5.56. The zero-order valence-corrected chi connectivity index (χ0v) is 18.8. The molecule has 1 saturated heterocycles. The second kappa shape index (κ2) is 9.37. The lowest BCUT2D eigenvalue weighted by Crippen LogP contribution is -2.38. The molecule has 3 aromatic rings. The minimum absolute atomic E-state index is 0.0770. The molecule has 178 valence electrons. The minimum Gasteiger partial charge on any atom is -0.465 e. The van der Waals surface area contributed by atoms with E-state index in [2.05, 4.69) is 41.4 Å². The number of aromatic nitrogens is 4. The fraction of sp³-hybridized carbons (Fsp3) is 0.300. The van der Waals surface area contributed by atoms with Crippen LogP contribution in [0.5, 0.6) is 0 Å². The van der Waals surface area contributed by atoms with Crippen LogP contribution in [0.3, 0.4) is 0 Å². The van der Waals surface area contributed by atoms with Gasteiger partial charge in [-0.15, -0.1) is 0 Å². The van der Waals surface area contributed by atoms with E-state index in [1.165, 1.54) is 17.0 Å². The summed E-state index contributed by atoms with van der Waals surface area (Å²) in [6.45, 7) is 0.534. The van der Waals surface area contributed by atoms with Crippen molar-refractivity contribution in [3.63, 3.8) is 0 Å². The number of hydrogen-bond acceptors (Lipinski definition) is 7. The number of rotatable bonds is 4. The van der Waals surface area contributed by atoms with Gasteiger partial charge in [-0.05, 0) is 47.0 Å². The fourth-order valence-corrected chi connectivity index (χ4v) is 3.82. The van der Waals surface area contributed by atoms with Crippen LogP contribution in [0.1, 0.15) is 40.7 Å². The molecule has 4 heterocycles. The quantitative estimate of drug-likeness (QED) is 0.464. The second-order valence-electron chi connectivity index (χ2n) is 7.44. The minimum atomic E-state index is -4.84. The number of hydrogen-bond donors (Lipinski definition) is 2. The normalized spacial score (nSPS) is 16.4. The Morgan fingerprint density at radius 2 is 2.06 bits per heavy atom. The highest BCUT2D eigenvalue weighted by molar-refractivity contribution is 9.10. The molecule has 1 aliphatic rings. The van der Waals surface area contributed by atoms with Crippen molar-refractivity contribution in [1.82, 2.24) is 25.0 Å². The average Bonchev–Trinajstić information content (AvgIpc) is 3.29. The summed E-state index contributed by atoms with van der Waals surface area (Å²) in [5.41, 5.74) is -1.37. The number of amides is 2. The van der Waals surface area contributed by atoms with Gasteiger partial charge in [0.2, 0.25) is 11.7 Å². The van der Waals surface area contributed by atoms with Crippen molar-refractivity contribution >= 4 is 33.7 Å². The number of likely N-dealkylation sites (tertiary alicyclic amines) is 1. The molecule has 34 heavy (non-hydrogen) atoms. The van der Waals surface area contributed by atoms with Crippen molar-refractivity contribution in [1.29, 1.82) is 0 Å². The van der Waals surface area contributed by atoms with Crippen molar-refractivity contribution in [2.45, 2.75) is 24.9 Å². The Bertz CT molecular complexity index is 1240. The Balaban J connectivity index is 1.59. The van der Waals surface area contributed by atoms with Crippen LogP contribution in [0.2, 0.25) is 0 Å². The Morgan fingerprint density at radius 3 is 2.76 bits per heavy atom. The number of nitrogens with zero attached hydrogens (tertiary/aromatic N) is 5. The summed E-state index contributed by atoms with van der Waals surface area (Å²) in [6, 6.07) is 5.19. The van der Waals surface area contributed by atoms with Gasteiger partial charge in [0.25, 0.3) is 5.91 Å². The topological polar surface area (TPSA) is 134 Å². The van der Waals surface area contributed by atoms with Gasteiger partial charge in [-0.3, -0.25) is 4.79 Å². The van der Waals surface area contributed by atoms with Crippen molar-refractivity contribution in [2.75, 3.05) is 18.4 Å². The summed E-state index contributed by atoms with van der Waals surface area (Å²) in [5.74, 6) is -1.93. The van der Waals surface area contributed by atoms with E-state index >= 15 is 0 Å². The second-order valence-corrected chi connectivity index (χ2v) is 8.25. The SMILES string of the molecule is O=C(Nc1ncc(-c2noc(C3CCCN(C(=O)O)C3)n2)cc1C(F)(F)F)c1cccc(Br)n1. The van der Waals surface area contributed by atoms with Crippen LogP contribution in [-0.4, -0.2) is 55.2 Å². The molecule has 0 radical (unpaired) electrons. The number of halogens is 4. The van der Waals surface area contributed by atoms with Gasteiger partial charge in [0.1, 0.15) is 16.1 Å². The lowest BCUT2D eigenvalue weighted by atomic mass is 9.98. The van der Waals surface area contributed by atoms with E-state index in [0.29, 0.717) is 24.0 Å². The zero-order valence-electron chi connectivity index (χ0n) is 17.2. The Labute approximate surface area is 198 Å². The van der Waals surface area contributed by atoms with Gasteiger partial charge in [-0.25, -0.2) is 14.8 Å². The maximum atomic E-state index is 13.7. The molecule has 14 heteroatoms. The number of piperidine rings is 1. The highest BCUT2D eigenvalue weighted by atomic mass is 79.9. The average molecular weight is 541 g/mol.